The van der Waals surface area contributed by atoms with E-state index in [1.807, 2.05) is 6.07 Å². The van der Waals surface area contributed by atoms with E-state index in [0.717, 1.165) is 42.9 Å². The van der Waals surface area contributed by atoms with Crippen molar-refractivity contribution in [2.45, 2.75) is 42.2 Å². The number of esters is 1. The molecule has 1 aromatic carbocycles. The molecule has 0 N–H and O–H groups in total. The average molecular weight is 362 g/mol. The Balaban J connectivity index is 1.81. The molecule has 3 aliphatic rings. The minimum absolute atomic E-state index is 0.0365. The molecule has 5 heteroatoms. The molecule has 0 amide bonds. The number of carbonyl (C=O) groups excluding carboxylic acids is 1. The topological polar surface area (TPSA) is 29.5 Å². The lowest BCUT2D eigenvalue weighted by Crippen LogP contribution is -2.58. The van der Waals surface area contributed by atoms with Gasteiger partial charge in [-0.3, -0.25) is 0 Å². The van der Waals surface area contributed by atoms with Crippen molar-refractivity contribution >= 4 is 35.2 Å². The zero-order valence-electron chi connectivity index (χ0n) is 14.0. The van der Waals surface area contributed by atoms with Crippen LogP contribution in [-0.2, 0) is 9.53 Å². The van der Waals surface area contributed by atoms with Gasteiger partial charge in [0.25, 0.3) is 0 Å². The Morgan fingerprint density at radius 3 is 2.54 bits per heavy atom. The number of hydrogen-bond donors (Lipinski definition) is 0. The fraction of sp³-hybridized carbons (Fsp3) is 0.526. The van der Waals surface area contributed by atoms with Gasteiger partial charge in [0.15, 0.2) is 4.08 Å². The van der Waals surface area contributed by atoms with Gasteiger partial charge in [-0.2, -0.15) is 0 Å². The molecular formula is C19H23NO2S2. The largest absolute Gasteiger partial charge is 0.429 e. The Labute approximate surface area is 152 Å². The van der Waals surface area contributed by atoms with Gasteiger partial charge in [0.1, 0.15) is 5.76 Å². The number of benzene rings is 1. The number of rotatable bonds is 2. The smallest absolute Gasteiger partial charge is 0.340 e. The molecule has 1 spiro atoms. The van der Waals surface area contributed by atoms with Gasteiger partial charge in [-0.15, -0.1) is 23.5 Å². The SMILES string of the molecule is CN(c1ccccc1)C1C2=C(CCCC2)OC(=O)C12SCCCS2. The van der Waals surface area contributed by atoms with E-state index in [-0.39, 0.29) is 12.0 Å². The van der Waals surface area contributed by atoms with Gasteiger partial charge in [0.05, 0.1) is 6.04 Å². The van der Waals surface area contributed by atoms with Crippen LogP contribution in [0.3, 0.4) is 0 Å². The lowest BCUT2D eigenvalue weighted by molar-refractivity contribution is -0.142. The Hall–Kier alpha value is -1.07. The van der Waals surface area contributed by atoms with Crippen LogP contribution in [0.4, 0.5) is 5.69 Å². The van der Waals surface area contributed by atoms with E-state index in [0.29, 0.717) is 0 Å². The first-order valence-corrected chi connectivity index (χ1v) is 10.7. The fourth-order valence-electron chi connectivity index (χ4n) is 3.96. The molecular weight excluding hydrogens is 338 g/mol. The summed E-state index contributed by atoms with van der Waals surface area (Å²) in [7, 11) is 2.13. The number of hydrogen-bond acceptors (Lipinski definition) is 5. The van der Waals surface area contributed by atoms with E-state index < -0.39 is 4.08 Å². The highest BCUT2D eigenvalue weighted by atomic mass is 32.2. The second-order valence-corrected chi connectivity index (χ2v) is 9.55. The second-order valence-electron chi connectivity index (χ2n) is 6.61. The Bertz CT molecular complexity index is 653. The minimum atomic E-state index is -0.515. The predicted molar refractivity (Wildman–Crippen MR) is 102 cm³/mol. The van der Waals surface area contributed by atoms with E-state index in [1.54, 1.807) is 23.5 Å². The summed E-state index contributed by atoms with van der Waals surface area (Å²) in [6.07, 6.45) is 5.44. The zero-order valence-corrected chi connectivity index (χ0v) is 15.6. The van der Waals surface area contributed by atoms with Crippen molar-refractivity contribution in [3.63, 3.8) is 0 Å². The number of carbonyl (C=O) groups is 1. The van der Waals surface area contributed by atoms with Crippen LogP contribution in [0.15, 0.2) is 41.7 Å². The lowest BCUT2D eigenvalue weighted by Gasteiger charge is -2.49. The van der Waals surface area contributed by atoms with Crippen molar-refractivity contribution in [3.05, 3.63) is 41.7 Å². The molecule has 0 radical (unpaired) electrons. The monoisotopic (exact) mass is 361 g/mol. The summed E-state index contributed by atoms with van der Waals surface area (Å²) in [4.78, 5) is 15.4. The third-order valence-electron chi connectivity index (χ3n) is 5.12. The number of thioether (sulfide) groups is 2. The Kier molecular flexibility index (Phi) is 4.56. The molecule has 1 unspecified atom stereocenters. The van der Waals surface area contributed by atoms with Gasteiger partial charge in [-0.25, -0.2) is 4.79 Å². The van der Waals surface area contributed by atoms with Gasteiger partial charge < -0.3 is 9.64 Å². The summed E-state index contributed by atoms with van der Waals surface area (Å²) < 4.78 is 5.36. The molecule has 1 saturated heterocycles. The third-order valence-corrected chi connectivity index (χ3v) is 8.45. The van der Waals surface area contributed by atoms with E-state index in [9.17, 15) is 4.79 Å². The van der Waals surface area contributed by atoms with Crippen LogP contribution in [0.25, 0.3) is 0 Å². The van der Waals surface area contributed by atoms with Crippen LogP contribution in [0.1, 0.15) is 32.1 Å². The molecule has 24 heavy (non-hydrogen) atoms. The standard InChI is InChI=1S/C19H23NO2S2/c1-20(14-8-3-2-4-9-14)17-15-10-5-6-11-16(15)22-18(21)19(17)23-12-7-13-24-19/h2-4,8-9,17H,5-7,10-13H2,1H3. The van der Waals surface area contributed by atoms with Crippen molar-refractivity contribution in [2.75, 3.05) is 23.5 Å². The number of likely N-dealkylation sites (N-methyl/N-ethyl adjacent to an activating group) is 1. The average Bonchev–Trinajstić information content (AvgIpc) is 2.64. The summed E-state index contributed by atoms with van der Waals surface area (Å²) in [5.74, 6) is 2.98. The maximum Gasteiger partial charge on any atom is 0.340 e. The third kappa shape index (κ3) is 2.66. The molecule has 2 aliphatic heterocycles. The molecule has 1 atom stereocenters. The van der Waals surface area contributed by atoms with E-state index >= 15 is 0 Å². The van der Waals surface area contributed by atoms with Gasteiger partial charge in [-0.05, 0) is 54.9 Å². The summed E-state index contributed by atoms with van der Waals surface area (Å²) in [5.41, 5.74) is 2.52. The molecule has 2 heterocycles. The van der Waals surface area contributed by atoms with Gasteiger partial charge in [0.2, 0.25) is 0 Å². The van der Waals surface area contributed by atoms with Crippen molar-refractivity contribution in [2.24, 2.45) is 0 Å². The van der Waals surface area contributed by atoms with Gasteiger partial charge >= 0.3 is 5.97 Å². The van der Waals surface area contributed by atoms with Crippen molar-refractivity contribution < 1.29 is 9.53 Å². The first kappa shape index (κ1) is 16.4. The maximum absolute atomic E-state index is 13.0. The van der Waals surface area contributed by atoms with Crippen molar-refractivity contribution in [1.29, 1.82) is 0 Å². The number of anilines is 1. The number of para-hydroxylation sites is 1. The van der Waals surface area contributed by atoms with Crippen LogP contribution in [0.2, 0.25) is 0 Å². The van der Waals surface area contributed by atoms with Gasteiger partial charge in [-0.1, -0.05) is 18.2 Å². The number of allylic oxidation sites excluding steroid dienone is 1. The van der Waals surface area contributed by atoms with Crippen molar-refractivity contribution in [1.82, 2.24) is 0 Å². The highest BCUT2D eigenvalue weighted by Gasteiger charge is 2.56. The van der Waals surface area contributed by atoms with E-state index in [4.69, 9.17) is 4.74 Å². The van der Waals surface area contributed by atoms with Gasteiger partial charge in [0, 0.05) is 19.2 Å². The molecule has 1 fully saturated rings. The molecule has 0 saturated carbocycles. The highest BCUT2D eigenvalue weighted by molar-refractivity contribution is 8.20. The molecule has 4 rings (SSSR count). The van der Waals surface area contributed by atoms with Crippen LogP contribution >= 0.6 is 23.5 Å². The molecule has 0 bridgehead atoms. The fourth-order valence-corrected chi connectivity index (χ4v) is 7.39. The summed E-state index contributed by atoms with van der Waals surface area (Å²) in [6.45, 7) is 0. The first-order valence-electron chi connectivity index (χ1n) is 8.72. The predicted octanol–water partition coefficient (Wildman–Crippen LogP) is 4.44. The quantitative estimate of drug-likeness (QED) is 0.727. The van der Waals surface area contributed by atoms with Crippen molar-refractivity contribution in [3.8, 4) is 0 Å². The number of nitrogens with zero attached hydrogens (tertiary/aromatic N) is 1. The first-order chi connectivity index (χ1) is 11.7. The molecule has 1 aliphatic carbocycles. The Morgan fingerprint density at radius 2 is 1.79 bits per heavy atom. The molecule has 1 aromatic rings. The lowest BCUT2D eigenvalue weighted by atomic mass is 9.87. The van der Waals surface area contributed by atoms with E-state index in [1.165, 1.54) is 17.7 Å². The van der Waals surface area contributed by atoms with E-state index in [2.05, 4.69) is 36.2 Å². The summed E-state index contributed by atoms with van der Waals surface area (Å²) in [6, 6.07) is 10.5. The highest BCUT2D eigenvalue weighted by Crippen LogP contribution is 2.54. The minimum Gasteiger partial charge on any atom is -0.429 e. The van der Waals surface area contributed by atoms with Crippen LogP contribution in [0.5, 0.6) is 0 Å². The Morgan fingerprint density at radius 1 is 1.08 bits per heavy atom. The normalized spacial score (nSPS) is 26.0. The zero-order chi connectivity index (χ0) is 16.6. The molecule has 0 aromatic heterocycles. The van der Waals surface area contributed by atoms with Crippen LogP contribution < -0.4 is 4.90 Å². The van der Waals surface area contributed by atoms with Crippen LogP contribution in [0, 0.1) is 0 Å². The number of ether oxygens (including phenoxy) is 1. The second kappa shape index (κ2) is 6.68. The molecule has 128 valence electrons. The maximum atomic E-state index is 13.0. The molecule has 3 nitrogen and oxygen atoms in total. The summed E-state index contributed by atoms with van der Waals surface area (Å²) in [5, 5.41) is 0. The summed E-state index contributed by atoms with van der Waals surface area (Å²) >= 11 is 3.59. The van der Waals surface area contributed by atoms with Crippen LogP contribution in [-0.4, -0.2) is 34.6 Å².